The molecule has 0 heterocycles. The zero-order valence-corrected chi connectivity index (χ0v) is 54.7. The predicted molar refractivity (Wildman–Crippen MR) is 361 cm³/mol. The third-order valence-electron chi connectivity index (χ3n) is 13.9. The molecule has 83 heavy (non-hydrogen) atoms. The second-order valence-corrected chi connectivity index (χ2v) is 24.5. The molecule has 472 valence electrons. The summed E-state index contributed by atoms with van der Waals surface area (Å²) in [6.07, 6.45) is 97.9. The molecule has 8 nitrogen and oxygen atoms in total. The Morgan fingerprint density at radius 1 is 0.434 bits per heavy atom. The van der Waals surface area contributed by atoms with Crippen molar-refractivity contribution in [3.8, 4) is 0 Å². The largest absolute Gasteiger partial charge is 0.756 e. The maximum Gasteiger partial charge on any atom is 0.268 e. The molecular weight excluding hydrogens is 1040 g/mol. The van der Waals surface area contributed by atoms with Crippen LogP contribution in [-0.4, -0.2) is 68.5 Å². The molecule has 0 saturated heterocycles. The van der Waals surface area contributed by atoms with Gasteiger partial charge >= 0.3 is 0 Å². The first-order valence-corrected chi connectivity index (χ1v) is 34.8. The van der Waals surface area contributed by atoms with Gasteiger partial charge in [0.1, 0.15) is 13.2 Å². The first-order valence-electron chi connectivity index (χ1n) is 33.3. The van der Waals surface area contributed by atoms with Crippen molar-refractivity contribution in [1.29, 1.82) is 0 Å². The number of aliphatic hydroxyl groups is 1. The molecule has 0 aliphatic carbocycles. The van der Waals surface area contributed by atoms with E-state index in [1.54, 1.807) is 6.08 Å². The highest BCUT2D eigenvalue weighted by molar-refractivity contribution is 7.45. The van der Waals surface area contributed by atoms with Crippen LogP contribution in [0.15, 0.2) is 158 Å². The highest BCUT2D eigenvalue weighted by Crippen LogP contribution is 2.38. The lowest BCUT2D eigenvalue weighted by Crippen LogP contribution is -2.45. The van der Waals surface area contributed by atoms with Crippen molar-refractivity contribution < 1.29 is 32.9 Å². The minimum Gasteiger partial charge on any atom is -0.756 e. The van der Waals surface area contributed by atoms with Gasteiger partial charge in [0, 0.05) is 6.42 Å². The van der Waals surface area contributed by atoms with Gasteiger partial charge in [-0.25, -0.2) is 0 Å². The van der Waals surface area contributed by atoms with Crippen molar-refractivity contribution in [3.05, 3.63) is 158 Å². The number of carbonyl (C=O) groups is 1. The third kappa shape index (κ3) is 65.5. The van der Waals surface area contributed by atoms with Crippen molar-refractivity contribution >= 4 is 13.7 Å². The molecule has 9 heteroatoms. The number of allylic oxidation sites excluding steroid dienone is 25. The molecule has 0 aliphatic rings. The van der Waals surface area contributed by atoms with Crippen LogP contribution in [0.4, 0.5) is 0 Å². The maximum atomic E-state index is 13.0. The Labute approximate surface area is 511 Å². The fraction of sp³-hybridized carbons (Fsp3) is 0.635. The number of amides is 1. The lowest BCUT2D eigenvalue weighted by atomic mass is 10.0. The maximum absolute atomic E-state index is 13.0. The van der Waals surface area contributed by atoms with Gasteiger partial charge in [-0.3, -0.25) is 9.36 Å². The standard InChI is InChI=1S/C74H125N2O6P/c1-6-8-10-12-14-16-18-20-22-24-26-28-30-32-34-36-37-38-39-40-42-44-46-48-50-52-54-56-58-60-62-64-66-68-74(78)75-72(71-82-83(79,80)81-70-69-76(3,4)5)73(77)67-65-63-61-59-57-55-53-51-49-47-45-43-41-35-33-31-29-27-25-23-21-19-17-15-13-11-9-7-2/h8,10,14,16,20,22,26,28,32,34,37-38,40,42,46,48-49,51-52,54,57-60,65,67,72-73,77H,6-7,9,11-13,15,17-19,21,23-25,27,29-31,33,35-36,39,41,43-45,47,50,53,55-56,61-64,66,68-71H2,1-5H3,(H-,75,78,79,80)/b10-8-,16-14-,22-20-,28-26-,34-32-,38-37-,42-40-,48-46-,51-49+,54-52-,59-57+,60-58-,67-65+. The molecular formula is C74H125N2O6P. The first kappa shape index (κ1) is 79.1. The van der Waals surface area contributed by atoms with E-state index in [2.05, 4.69) is 165 Å². The topological polar surface area (TPSA) is 108 Å². The number of rotatable bonds is 59. The van der Waals surface area contributed by atoms with Crippen molar-refractivity contribution in [2.45, 2.75) is 264 Å². The van der Waals surface area contributed by atoms with Crippen LogP contribution in [0.1, 0.15) is 251 Å². The number of phosphoric acid groups is 1. The number of nitrogens with one attached hydrogen (secondary N) is 1. The van der Waals surface area contributed by atoms with Gasteiger partial charge in [0.15, 0.2) is 0 Å². The molecule has 0 aliphatic heterocycles. The molecule has 0 aromatic rings. The predicted octanol–water partition coefficient (Wildman–Crippen LogP) is 20.7. The average Bonchev–Trinajstić information content (AvgIpc) is 3.49. The molecule has 0 radical (unpaired) electrons. The van der Waals surface area contributed by atoms with E-state index < -0.39 is 26.6 Å². The minimum atomic E-state index is -4.64. The number of likely N-dealkylation sites (N-methyl/N-ethyl adjacent to an activating group) is 1. The summed E-state index contributed by atoms with van der Waals surface area (Å²) in [7, 11) is 1.18. The van der Waals surface area contributed by atoms with E-state index in [0.29, 0.717) is 23.9 Å². The normalized spacial score (nSPS) is 14.7. The summed E-state index contributed by atoms with van der Waals surface area (Å²) in [6, 6.07) is -0.948. The summed E-state index contributed by atoms with van der Waals surface area (Å²) >= 11 is 0. The molecule has 1 amide bonds. The molecule has 0 saturated carbocycles. The summed E-state index contributed by atoms with van der Waals surface area (Å²) in [5, 5.41) is 13.9. The van der Waals surface area contributed by atoms with Crippen molar-refractivity contribution in [2.24, 2.45) is 0 Å². The van der Waals surface area contributed by atoms with Crippen LogP contribution < -0.4 is 10.2 Å². The van der Waals surface area contributed by atoms with Crippen LogP contribution in [-0.2, 0) is 18.4 Å². The number of unbranched alkanes of at least 4 members (excludes halogenated alkanes) is 22. The zero-order valence-electron chi connectivity index (χ0n) is 53.8. The Kier molecular flexibility index (Phi) is 59.7. The van der Waals surface area contributed by atoms with E-state index in [0.717, 1.165) is 96.3 Å². The lowest BCUT2D eigenvalue weighted by Gasteiger charge is -2.29. The zero-order chi connectivity index (χ0) is 60.5. The molecule has 0 spiro atoms. The first-order chi connectivity index (χ1) is 40.5. The number of carbonyl (C=O) groups excluding carboxylic acids is 1. The molecule has 0 aromatic carbocycles. The summed E-state index contributed by atoms with van der Waals surface area (Å²) in [4.78, 5) is 25.6. The van der Waals surface area contributed by atoms with Crippen LogP contribution in [0.2, 0.25) is 0 Å². The van der Waals surface area contributed by atoms with Crippen LogP contribution in [0, 0.1) is 0 Å². The molecule has 0 aromatic heterocycles. The van der Waals surface area contributed by atoms with Gasteiger partial charge in [0.2, 0.25) is 5.91 Å². The van der Waals surface area contributed by atoms with Gasteiger partial charge in [0.25, 0.3) is 7.82 Å². The third-order valence-corrected chi connectivity index (χ3v) is 14.9. The van der Waals surface area contributed by atoms with Crippen LogP contribution in [0.25, 0.3) is 0 Å². The van der Waals surface area contributed by atoms with Crippen LogP contribution in [0.5, 0.6) is 0 Å². The van der Waals surface area contributed by atoms with Crippen molar-refractivity contribution in [3.63, 3.8) is 0 Å². The van der Waals surface area contributed by atoms with E-state index in [9.17, 15) is 19.4 Å². The number of phosphoric ester groups is 1. The number of aliphatic hydroxyl groups excluding tert-OH is 1. The van der Waals surface area contributed by atoms with E-state index >= 15 is 0 Å². The fourth-order valence-electron chi connectivity index (χ4n) is 8.80. The quantitative estimate of drug-likeness (QED) is 0.0272. The van der Waals surface area contributed by atoms with Gasteiger partial charge in [-0.2, -0.15) is 0 Å². The van der Waals surface area contributed by atoms with Gasteiger partial charge in [-0.05, 0) is 122 Å². The summed E-state index contributed by atoms with van der Waals surface area (Å²) in [6.45, 7) is 4.47. The average molecular weight is 1170 g/mol. The van der Waals surface area contributed by atoms with Gasteiger partial charge in [-0.15, -0.1) is 0 Å². The molecule has 0 fully saturated rings. The van der Waals surface area contributed by atoms with Gasteiger partial charge in [0.05, 0.1) is 39.9 Å². The highest BCUT2D eigenvalue weighted by Gasteiger charge is 2.23. The molecule has 3 unspecified atom stereocenters. The summed E-state index contributed by atoms with van der Waals surface area (Å²) in [5.41, 5.74) is 0. The van der Waals surface area contributed by atoms with E-state index in [1.807, 2.05) is 27.2 Å². The van der Waals surface area contributed by atoms with Crippen molar-refractivity contribution in [2.75, 3.05) is 40.9 Å². The Balaban J connectivity index is 4.34. The number of hydrogen-bond donors (Lipinski definition) is 2. The van der Waals surface area contributed by atoms with E-state index in [-0.39, 0.29) is 18.9 Å². The Bertz CT molecular complexity index is 1910. The second kappa shape index (κ2) is 62.6. The lowest BCUT2D eigenvalue weighted by molar-refractivity contribution is -0.870. The minimum absolute atomic E-state index is 0.0268. The van der Waals surface area contributed by atoms with Gasteiger partial charge in [-0.1, -0.05) is 281 Å². The highest BCUT2D eigenvalue weighted by atomic mass is 31.2. The SMILES string of the molecule is CC/C=C\C/C=C\C/C=C\C/C=C\C/C=C\C/C=C\C/C=C\C/C=C\C/C=C\C/C=C\CCCCC(=O)NC(COP(=O)([O-])OCC[N+](C)(C)C)C(O)/C=C/CC/C=C/CC/C=C/CCCCCCCCCCCCCCCCCCCC. The molecule has 2 N–H and O–H groups in total. The Morgan fingerprint density at radius 2 is 0.747 bits per heavy atom. The summed E-state index contributed by atoms with van der Waals surface area (Å²) < 4.78 is 23.4. The number of nitrogens with zero attached hydrogens (tertiary/aromatic N) is 1. The Hall–Kier alpha value is -3.88. The van der Waals surface area contributed by atoms with E-state index in [4.69, 9.17) is 9.05 Å². The van der Waals surface area contributed by atoms with Crippen molar-refractivity contribution in [1.82, 2.24) is 5.32 Å². The van der Waals surface area contributed by atoms with E-state index in [1.165, 1.54) is 122 Å². The second-order valence-electron chi connectivity index (χ2n) is 23.1. The van der Waals surface area contributed by atoms with Crippen LogP contribution in [0.3, 0.4) is 0 Å². The molecule has 3 atom stereocenters. The smallest absolute Gasteiger partial charge is 0.268 e. The number of quaternary nitrogens is 1. The summed E-state index contributed by atoms with van der Waals surface area (Å²) in [5.74, 6) is -0.259. The van der Waals surface area contributed by atoms with Crippen LogP contribution >= 0.6 is 7.82 Å². The molecule has 0 bridgehead atoms. The molecule has 0 rings (SSSR count). The van der Waals surface area contributed by atoms with Gasteiger partial charge < -0.3 is 28.8 Å². The monoisotopic (exact) mass is 1170 g/mol. The Morgan fingerprint density at radius 3 is 1.12 bits per heavy atom. The fourth-order valence-corrected chi connectivity index (χ4v) is 9.52. The number of hydrogen-bond acceptors (Lipinski definition) is 6.